The molecule has 0 radical (unpaired) electrons. The van der Waals surface area contributed by atoms with E-state index in [1.54, 1.807) is 6.07 Å². The summed E-state index contributed by atoms with van der Waals surface area (Å²) >= 11 is 0. The first-order chi connectivity index (χ1) is 8.19. The van der Waals surface area contributed by atoms with Gasteiger partial charge in [-0.1, -0.05) is 19.8 Å². The van der Waals surface area contributed by atoms with Crippen molar-refractivity contribution in [3.63, 3.8) is 0 Å². The van der Waals surface area contributed by atoms with Crippen molar-refractivity contribution in [1.29, 1.82) is 0 Å². The zero-order valence-corrected chi connectivity index (χ0v) is 10.0. The van der Waals surface area contributed by atoms with Crippen molar-refractivity contribution in [2.75, 3.05) is 6.54 Å². The van der Waals surface area contributed by atoms with E-state index in [1.807, 2.05) is 0 Å². The van der Waals surface area contributed by atoms with Crippen molar-refractivity contribution >= 4 is 5.91 Å². The van der Waals surface area contributed by atoms with Gasteiger partial charge in [-0.05, 0) is 18.6 Å². The molecule has 1 atom stereocenters. The van der Waals surface area contributed by atoms with Crippen molar-refractivity contribution in [2.24, 2.45) is 5.73 Å². The van der Waals surface area contributed by atoms with Gasteiger partial charge in [0.1, 0.15) is 5.56 Å². The molecule has 1 aromatic heterocycles. The summed E-state index contributed by atoms with van der Waals surface area (Å²) in [5.74, 6) is -0.363. The molecule has 0 fully saturated rings. The van der Waals surface area contributed by atoms with Crippen LogP contribution >= 0.6 is 0 Å². The molecule has 4 N–H and O–H groups in total. The third-order valence-corrected chi connectivity index (χ3v) is 2.59. The summed E-state index contributed by atoms with van der Waals surface area (Å²) in [5.41, 5.74) is 5.33. The molecule has 94 valence electrons. The number of amides is 1. The fraction of sp³-hybridized carbons (Fsp3) is 0.500. The maximum Gasteiger partial charge on any atom is 0.260 e. The van der Waals surface area contributed by atoms with E-state index in [9.17, 15) is 9.59 Å². The standard InChI is InChI=1S/C12H19N3O2/c1-2-3-5-9(8-13)15-12(17)10-6-4-7-14-11(10)16/h4,6-7,9H,2-3,5,8,13H2,1H3,(H,14,16)(H,15,17). The number of hydrogen-bond donors (Lipinski definition) is 3. The first-order valence-electron chi connectivity index (χ1n) is 5.87. The first kappa shape index (κ1) is 13.4. The van der Waals surface area contributed by atoms with E-state index in [1.165, 1.54) is 12.3 Å². The summed E-state index contributed by atoms with van der Waals surface area (Å²) in [4.78, 5) is 25.7. The van der Waals surface area contributed by atoms with Gasteiger partial charge in [-0.2, -0.15) is 0 Å². The molecule has 0 bridgehead atoms. The van der Waals surface area contributed by atoms with Crippen molar-refractivity contribution in [2.45, 2.75) is 32.2 Å². The smallest absolute Gasteiger partial charge is 0.260 e. The Labute approximate surface area is 100 Å². The zero-order chi connectivity index (χ0) is 12.7. The van der Waals surface area contributed by atoms with Crippen molar-refractivity contribution < 1.29 is 4.79 Å². The molecule has 1 unspecified atom stereocenters. The molecule has 1 rings (SSSR count). The van der Waals surface area contributed by atoms with Gasteiger partial charge in [0.15, 0.2) is 0 Å². The highest BCUT2D eigenvalue weighted by atomic mass is 16.2. The lowest BCUT2D eigenvalue weighted by Gasteiger charge is -2.15. The van der Waals surface area contributed by atoms with Crippen molar-refractivity contribution in [3.05, 3.63) is 34.2 Å². The summed E-state index contributed by atoms with van der Waals surface area (Å²) in [7, 11) is 0. The largest absolute Gasteiger partial charge is 0.348 e. The number of nitrogens with one attached hydrogen (secondary N) is 2. The van der Waals surface area contributed by atoms with E-state index < -0.39 is 0 Å². The Kier molecular flexibility index (Phi) is 5.42. The maximum absolute atomic E-state index is 11.8. The number of aromatic nitrogens is 1. The first-order valence-corrected chi connectivity index (χ1v) is 5.87. The van der Waals surface area contributed by atoms with Gasteiger partial charge in [-0.25, -0.2) is 0 Å². The van der Waals surface area contributed by atoms with Gasteiger partial charge >= 0.3 is 0 Å². The number of carbonyl (C=O) groups is 1. The van der Waals surface area contributed by atoms with E-state index >= 15 is 0 Å². The maximum atomic E-state index is 11.8. The number of hydrogen-bond acceptors (Lipinski definition) is 3. The second-order valence-corrected chi connectivity index (χ2v) is 3.96. The Morgan fingerprint density at radius 2 is 2.35 bits per heavy atom. The number of H-pyrrole nitrogens is 1. The lowest BCUT2D eigenvalue weighted by atomic mass is 10.1. The monoisotopic (exact) mass is 237 g/mol. The third kappa shape index (κ3) is 4.03. The van der Waals surface area contributed by atoms with Crippen LogP contribution in [-0.2, 0) is 0 Å². The Hall–Kier alpha value is -1.62. The number of rotatable bonds is 6. The molecule has 0 aliphatic heterocycles. The van der Waals surface area contributed by atoms with Gasteiger partial charge in [0, 0.05) is 18.8 Å². The summed E-state index contributed by atoms with van der Waals surface area (Å²) < 4.78 is 0. The van der Waals surface area contributed by atoms with Crippen LogP contribution in [0.2, 0.25) is 0 Å². The SMILES string of the molecule is CCCCC(CN)NC(=O)c1ccc[nH]c1=O. The molecule has 1 aromatic rings. The molecule has 0 saturated heterocycles. The van der Waals surface area contributed by atoms with Crippen LogP contribution in [0.15, 0.2) is 23.1 Å². The molecule has 5 nitrogen and oxygen atoms in total. The van der Waals surface area contributed by atoms with Crippen molar-refractivity contribution in [1.82, 2.24) is 10.3 Å². The molecule has 0 aliphatic carbocycles. The molecule has 1 heterocycles. The van der Waals surface area contributed by atoms with Crippen LogP contribution in [0, 0.1) is 0 Å². The van der Waals surface area contributed by atoms with Gasteiger partial charge in [0.05, 0.1) is 0 Å². The topological polar surface area (TPSA) is 88.0 Å². The second-order valence-electron chi connectivity index (χ2n) is 3.96. The highest BCUT2D eigenvalue weighted by molar-refractivity contribution is 5.93. The number of nitrogens with two attached hydrogens (primary N) is 1. The van der Waals surface area contributed by atoms with Gasteiger partial charge in [-0.3, -0.25) is 9.59 Å². The average Bonchev–Trinajstić information content (AvgIpc) is 2.34. The van der Waals surface area contributed by atoms with E-state index in [0.29, 0.717) is 6.54 Å². The minimum Gasteiger partial charge on any atom is -0.348 e. The molecule has 0 spiro atoms. The van der Waals surface area contributed by atoms with Crippen LogP contribution in [0.4, 0.5) is 0 Å². The molecule has 1 amide bonds. The predicted octanol–water partition coefficient (Wildman–Crippen LogP) is 0.622. The number of aromatic amines is 1. The molecule has 5 heteroatoms. The molecule has 0 saturated carbocycles. The minimum atomic E-state index is -0.378. The van der Waals surface area contributed by atoms with Crippen LogP contribution in [0.1, 0.15) is 36.5 Å². The molecule has 17 heavy (non-hydrogen) atoms. The zero-order valence-electron chi connectivity index (χ0n) is 10.0. The Balaban J connectivity index is 2.65. The fourth-order valence-corrected chi connectivity index (χ4v) is 1.56. The van der Waals surface area contributed by atoms with Crippen LogP contribution in [-0.4, -0.2) is 23.5 Å². The van der Waals surface area contributed by atoms with E-state index in [-0.39, 0.29) is 23.1 Å². The molecular formula is C12H19N3O2. The van der Waals surface area contributed by atoms with Crippen LogP contribution in [0.5, 0.6) is 0 Å². The molecular weight excluding hydrogens is 218 g/mol. The fourth-order valence-electron chi connectivity index (χ4n) is 1.56. The van der Waals surface area contributed by atoms with Gasteiger partial charge in [0.25, 0.3) is 11.5 Å². The highest BCUT2D eigenvalue weighted by Gasteiger charge is 2.14. The lowest BCUT2D eigenvalue weighted by Crippen LogP contribution is -2.41. The van der Waals surface area contributed by atoms with Gasteiger partial charge in [-0.15, -0.1) is 0 Å². The van der Waals surface area contributed by atoms with E-state index in [2.05, 4.69) is 17.2 Å². The number of carbonyl (C=O) groups excluding carboxylic acids is 1. The Morgan fingerprint density at radius 3 is 2.94 bits per heavy atom. The van der Waals surface area contributed by atoms with E-state index in [4.69, 9.17) is 5.73 Å². The lowest BCUT2D eigenvalue weighted by molar-refractivity contribution is 0.0934. The minimum absolute atomic E-state index is 0.0675. The Bertz CT molecular complexity index is 414. The van der Waals surface area contributed by atoms with Gasteiger partial charge < -0.3 is 16.0 Å². The summed E-state index contributed by atoms with van der Waals surface area (Å²) in [5, 5.41) is 2.77. The van der Waals surface area contributed by atoms with Crippen molar-refractivity contribution in [3.8, 4) is 0 Å². The predicted molar refractivity (Wildman–Crippen MR) is 66.9 cm³/mol. The summed E-state index contributed by atoms with van der Waals surface area (Å²) in [6.07, 6.45) is 4.39. The average molecular weight is 237 g/mol. The quantitative estimate of drug-likeness (QED) is 0.677. The van der Waals surface area contributed by atoms with Crippen LogP contribution < -0.4 is 16.6 Å². The Morgan fingerprint density at radius 1 is 1.59 bits per heavy atom. The van der Waals surface area contributed by atoms with Crippen LogP contribution in [0.25, 0.3) is 0 Å². The molecule has 0 aromatic carbocycles. The third-order valence-electron chi connectivity index (χ3n) is 2.59. The van der Waals surface area contributed by atoms with Gasteiger partial charge in [0.2, 0.25) is 0 Å². The molecule has 0 aliphatic rings. The summed E-state index contributed by atoms with van der Waals surface area (Å²) in [6, 6.07) is 3.06. The summed E-state index contributed by atoms with van der Waals surface area (Å²) in [6.45, 7) is 2.47. The number of unbranched alkanes of at least 4 members (excludes halogenated alkanes) is 1. The number of pyridine rings is 1. The second kappa shape index (κ2) is 6.85. The van der Waals surface area contributed by atoms with Crippen LogP contribution in [0.3, 0.4) is 0 Å². The van der Waals surface area contributed by atoms with E-state index in [0.717, 1.165) is 19.3 Å². The normalized spacial score (nSPS) is 12.1. The highest BCUT2D eigenvalue weighted by Crippen LogP contribution is 2.00.